The molecular weight excluding hydrogens is 479 g/mol. The minimum absolute atomic E-state index is 0.775. The molecule has 0 spiro atoms. The van der Waals surface area contributed by atoms with Crippen LogP contribution in [-0.2, 0) is 0 Å². The van der Waals surface area contributed by atoms with Gasteiger partial charge in [-0.05, 0) is 48.6 Å². The Hall–Kier alpha value is -0.680. The topological polar surface area (TPSA) is 18.5 Å². The lowest BCUT2D eigenvalue weighted by atomic mass is 10.1. The van der Waals surface area contributed by atoms with E-state index in [1.54, 1.807) is 22.7 Å². The average molecular weight is 516 g/mol. The summed E-state index contributed by atoms with van der Waals surface area (Å²) in [5.74, 6) is 3.65. The Bertz CT molecular complexity index is 785. The lowest BCUT2D eigenvalue weighted by molar-refractivity contribution is 0.307. The minimum atomic E-state index is 0.775. The maximum absolute atomic E-state index is 6.35. The molecule has 3 aromatic rings. The number of benzene rings is 1. The largest absolute Gasteiger partial charge is 0.491 e. The van der Waals surface area contributed by atoms with Gasteiger partial charge in [0.2, 0.25) is 0 Å². The normalized spacial score (nSPS) is 11.6. The van der Waals surface area contributed by atoms with Crippen LogP contribution in [0.15, 0.2) is 22.9 Å². The van der Waals surface area contributed by atoms with Gasteiger partial charge in [-0.3, -0.25) is 0 Å². The SMILES string of the molecule is ClCCCCCCCCOc1c2ccsc2c(OCCCCCCCCCl)c2ccsc12. The highest BCUT2D eigenvalue weighted by Gasteiger charge is 2.18. The second-order valence-electron chi connectivity index (χ2n) is 8.30. The molecule has 2 heterocycles. The predicted molar refractivity (Wildman–Crippen MR) is 145 cm³/mol. The van der Waals surface area contributed by atoms with Crippen LogP contribution in [0.25, 0.3) is 20.2 Å². The van der Waals surface area contributed by atoms with Gasteiger partial charge in [0.15, 0.2) is 0 Å². The van der Waals surface area contributed by atoms with Crippen LogP contribution in [0.2, 0.25) is 0 Å². The van der Waals surface area contributed by atoms with E-state index >= 15 is 0 Å². The first-order chi connectivity index (χ1) is 15.9. The number of hydrogen-bond donors (Lipinski definition) is 0. The molecule has 32 heavy (non-hydrogen) atoms. The van der Waals surface area contributed by atoms with Crippen LogP contribution >= 0.6 is 45.9 Å². The molecule has 0 radical (unpaired) electrons. The molecule has 3 rings (SSSR count). The molecule has 1 aromatic carbocycles. The molecule has 0 saturated carbocycles. The first-order valence-electron chi connectivity index (χ1n) is 12.1. The second kappa shape index (κ2) is 15.3. The van der Waals surface area contributed by atoms with E-state index in [9.17, 15) is 0 Å². The highest BCUT2D eigenvalue weighted by atomic mass is 35.5. The van der Waals surface area contributed by atoms with Crippen molar-refractivity contribution in [3.05, 3.63) is 22.9 Å². The van der Waals surface area contributed by atoms with Crippen LogP contribution in [0, 0.1) is 0 Å². The zero-order chi connectivity index (χ0) is 22.4. The van der Waals surface area contributed by atoms with E-state index in [0.29, 0.717) is 0 Å². The van der Waals surface area contributed by atoms with Crippen molar-refractivity contribution in [3.8, 4) is 11.5 Å². The first kappa shape index (κ1) is 25.9. The summed E-state index contributed by atoms with van der Waals surface area (Å²) in [5.41, 5.74) is 0. The number of alkyl halides is 2. The number of hydrogen-bond acceptors (Lipinski definition) is 4. The van der Waals surface area contributed by atoms with Crippen molar-refractivity contribution in [3.63, 3.8) is 0 Å². The van der Waals surface area contributed by atoms with Crippen LogP contribution in [0.1, 0.15) is 77.0 Å². The molecule has 0 aliphatic rings. The maximum Gasteiger partial charge on any atom is 0.146 e. The Kier molecular flexibility index (Phi) is 12.4. The van der Waals surface area contributed by atoms with Crippen molar-refractivity contribution in [2.75, 3.05) is 25.0 Å². The summed E-state index contributed by atoms with van der Waals surface area (Å²) in [6.07, 6.45) is 14.5. The molecule has 0 atom stereocenters. The Morgan fingerprint density at radius 1 is 0.531 bits per heavy atom. The van der Waals surface area contributed by atoms with Gasteiger partial charge in [0.1, 0.15) is 11.5 Å². The lowest BCUT2D eigenvalue weighted by Crippen LogP contribution is -2.00. The fourth-order valence-corrected chi connectivity index (χ4v) is 6.20. The van der Waals surface area contributed by atoms with Crippen molar-refractivity contribution in [1.29, 1.82) is 0 Å². The predicted octanol–water partition coefficient (Wildman–Crippen LogP) is 10.0. The van der Waals surface area contributed by atoms with Gasteiger partial charge < -0.3 is 9.47 Å². The summed E-state index contributed by atoms with van der Waals surface area (Å²) in [6, 6.07) is 4.37. The number of ether oxygens (including phenoxy) is 2. The van der Waals surface area contributed by atoms with E-state index in [2.05, 4.69) is 22.9 Å². The summed E-state index contributed by atoms with van der Waals surface area (Å²) in [4.78, 5) is 0. The average Bonchev–Trinajstić information content (AvgIpc) is 3.48. The van der Waals surface area contributed by atoms with Crippen molar-refractivity contribution in [2.24, 2.45) is 0 Å². The molecule has 0 N–H and O–H groups in total. The third kappa shape index (κ3) is 7.68. The van der Waals surface area contributed by atoms with E-state index in [4.69, 9.17) is 32.7 Å². The van der Waals surface area contributed by atoms with Crippen molar-refractivity contribution in [1.82, 2.24) is 0 Å². The fraction of sp³-hybridized carbons (Fsp3) is 0.615. The van der Waals surface area contributed by atoms with Crippen LogP contribution in [0.5, 0.6) is 11.5 Å². The zero-order valence-electron chi connectivity index (χ0n) is 19.0. The second-order valence-corrected chi connectivity index (χ2v) is 10.9. The Labute approximate surface area is 211 Å². The molecular formula is C26H36Cl2O2S2. The molecule has 2 aromatic heterocycles. The Morgan fingerprint density at radius 2 is 0.906 bits per heavy atom. The number of rotatable bonds is 18. The molecule has 6 heteroatoms. The molecule has 2 nitrogen and oxygen atoms in total. The van der Waals surface area contributed by atoms with E-state index in [1.807, 2.05) is 0 Å². The van der Waals surface area contributed by atoms with Crippen molar-refractivity contribution < 1.29 is 9.47 Å². The highest BCUT2D eigenvalue weighted by molar-refractivity contribution is 7.19. The number of halogens is 2. The minimum Gasteiger partial charge on any atom is -0.491 e. The number of unbranched alkanes of at least 4 members (excludes halogenated alkanes) is 10. The Morgan fingerprint density at radius 3 is 1.31 bits per heavy atom. The summed E-state index contributed by atoms with van der Waals surface area (Å²) >= 11 is 15.0. The zero-order valence-corrected chi connectivity index (χ0v) is 22.2. The van der Waals surface area contributed by atoms with Crippen molar-refractivity contribution >= 4 is 66.0 Å². The molecule has 0 unspecified atom stereocenters. The quantitative estimate of drug-likeness (QED) is 0.124. The maximum atomic E-state index is 6.35. The van der Waals surface area contributed by atoms with Crippen LogP contribution in [0.4, 0.5) is 0 Å². The summed E-state index contributed by atoms with van der Waals surface area (Å²) in [5, 5.41) is 6.70. The molecule has 178 valence electrons. The van der Waals surface area contributed by atoms with Crippen LogP contribution in [0.3, 0.4) is 0 Å². The molecule has 0 bridgehead atoms. The highest BCUT2D eigenvalue weighted by Crippen LogP contribution is 2.47. The molecule has 0 aliphatic heterocycles. The monoisotopic (exact) mass is 514 g/mol. The smallest absolute Gasteiger partial charge is 0.146 e. The van der Waals surface area contributed by atoms with E-state index in [0.717, 1.165) is 62.2 Å². The van der Waals surface area contributed by atoms with Gasteiger partial charge in [-0.25, -0.2) is 0 Å². The van der Waals surface area contributed by atoms with Gasteiger partial charge in [0, 0.05) is 22.5 Å². The number of fused-ring (bicyclic) bond motifs is 2. The van der Waals surface area contributed by atoms with E-state index < -0.39 is 0 Å². The summed E-state index contributed by atoms with van der Waals surface area (Å²) in [7, 11) is 0. The fourth-order valence-electron chi connectivity index (χ4n) is 4.01. The third-order valence-electron chi connectivity index (χ3n) is 5.78. The Balaban J connectivity index is 1.54. The third-order valence-corrected chi connectivity index (χ3v) is 8.14. The standard InChI is InChI=1S/C26H36Cl2O2S2/c27-15-9-5-1-3-7-11-17-29-23-21-13-19-32-26(21)24(22-14-20-31-25(22)23)30-18-12-8-4-2-6-10-16-28/h13-14,19-20H,1-12,15-18H2. The van der Waals surface area contributed by atoms with Crippen LogP contribution < -0.4 is 9.47 Å². The van der Waals surface area contributed by atoms with Gasteiger partial charge in [-0.1, -0.05) is 51.4 Å². The van der Waals surface area contributed by atoms with Gasteiger partial charge in [-0.2, -0.15) is 0 Å². The van der Waals surface area contributed by atoms with E-state index in [-0.39, 0.29) is 0 Å². The summed E-state index contributed by atoms with van der Waals surface area (Å²) < 4.78 is 15.1. The molecule has 0 fully saturated rings. The van der Waals surface area contributed by atoms with Crippen LogP contribution in [-0.4, -0.2) is 25.0 Å². The van der Waals surface area contributed by atoms with E-state index in [1.165, 1.54) is 71.5 Å². The number of thiophene rings is 2. The lowest BCUT2D eigenvalue weighted by Gasteiger charge is -2.14. The first-order valence-corrected chi connectivity index (χ1v) is 15.0. The van der Waals surface area contributed by atoms with Crippen molar-refractivity contribution in [2.45, 2.75) is 77.0 Å². The van der Waals surface area contributed by atoms with Gasteiger partial charge in [0.05, 0.1) is 22.6 Å². The summed E-state index contributed by atoms with van der Waals surface area (Å²) in [6.45, 7) is 1.55. The molecule has 0 aliphatic carbocycles. The van der Waals surface area contributed by atoms with Gasteiger partial charge in [0.25, 0.3) is 0 Å². The molecule has 0 saturated heterocycles. The van der Waals surface area contributed by atoms with Gasteiger partial charge in [-0.15, -0.1) is 45.9 Å². The molecule has 0 amide bonds. The van der Waals surface area contributed by atoms with Gasteiger partial charge >= 0.3 is 0 Å².